The molecule has 1 N–H and O–H groups in total. The molecule has 2 rings (SSSR count). The number of hydrogen-bond donors (Lipinski definition) is 1. The maximum atomic E-state index is 11.8. The second kappa shape index (κ2) is 10.00. The number of hydrogen-bond acceptors (Lipinski definition) is 12. The zero-order valence-corrected chi connectivity index (χ0v) is 18.2. The van der Waals surface area contributed by atoms with Crippen molar-refractivity contribution >= 4 is 47.4 Å². The van der Waals surface area contributed by atoms with Crippen LogP contribution in [0.3, 0.4) is 0 Å². The molecule has 0 unspecified atom stereocenters. The summed E-state index contributed by atoms with van der Waals surface area (Å²) >= 11 is 6.23. The Morgan fingerprint density at radius 2 is 1.53 bits per heavy atom. The second-order valence-electron chi connectivity index (χ2n) is 6.32. The summed E-state index contributed by atoms with van der Waals surface area (Å²) in [5.41, 5.74) is 0. The molecular weight excluding hydrogens is 442 g/mol. The van der Waals surface area contributed by atoms with Crippen molar-refractivity contribution < 1.29 is 48.0 Å². The van der Waals surface area contributed by atoms with E-state index < -0.39 is 54.5 Å². The Morgan fingerprint density at radius 3 is 2.00 bits per heavy atom. The van der Waals surface area contributed by atoms with E-state index in [0.29, 0.717) is 0 Å². The Labute approximate surface area is 180 Å². The molecule has 13 heteroatoms. The summed E-state index contributed by atoms with van der Waals surface area (Å²) in [6.07, 6.45) is -6.34. The molecule has 0 aliphatic carbocycles. The van der Waals surface area contributed by atoms with E-state index in [1.807, 2.05) is 0 Å². The van der Waals surface area contributed by atoms with Gasteiger partial charge in [0.1, 0.15) is 12.7 Å². The molecule has 1 saturated heterocycles. The highest BCUT2D eigenvalue weighted by molar-refractivity contribution is 7.73. The molecule has 5 atom stereocenters. The van der Waals surface area contributed by atoms with Gasteiger partial charge in [-0.05, 0) is 12.2 Å². The molecule has 1 aromatic rings. The molecule has 0 spiro atoms. The summed E-state index contributed by atoms with van der Waals surface area (Å²) in [4.78, 5) is 46.5. The number of ether oxygens (including phenoxy) is 5. The molecule has 1 aromatic heterocycles. The fourth-order valence-electron chi connectivity index (χ4n) is 2.96. The van der Waals surface area contributed by atoms with Crippen molar-refractivity contribution in [1.29, 1.82) is 0 Å². The van der Waals surface area contributed by atoms with Gasteiger partial charge in [-0.3, -0.25) is 23.7 Å². The third-order valence-corrected chi connectivity index (χ3v) is 5.14. The third kappa shape index (κ3) is 5.77. The van der Waals surface area contributed by atoms with Crippen molar-refractivity contribution in [3.05, 3.63) is 9.33 Å². The van der Waals surface area contributed by atoms with Gasteiger partial charge in [0.05, 0.1) is 5.38 Å². The van der Waals surface area contributed by atoms with Crippen LogP contribution in [0.25, 0.3) is 0 Å². The van der Waals surface area contributed by atoms with Crippen molar-refractivity contribution in [2.45, 2.75) is 58.3 Å². The van der Waals surface area contributed by atoms with E-state index in [1.54, 1.807) is 0 Å². The van der Waals surface area contributed by atoms with E-state index in [-0.39, 0.29) is 16.4 Å². The topological polar surface area (TPSA) is 140 Å². The fourth-order valence-corrected chi connectivity index (χ4v) is 3.93. The SMILES string of the molecule is CC(=O)OC[C@H]1O[C@@H](n2c(O)csc2=S)[C@H](OC(C)=O)[C@@H](OC(C)=O)[C@H]1OC(C)=O. The minimum absolute atomic E-state index is 0.174. The zero-order chi connectivity index (χ0) is 22.6. The summed E-state index contributed by atoms with van der Waals surface area (Å²) in [7, 11) is 0. The molecule has 0 amide bonds. The maximum absolute atomic E-state index is 11.8. The molecule has 166 valence electrons. The highest BCUT2D eigenvalue weighted by atomic mass is 32.1. The fraction of sp³-hybridized carbons (Fsp3) is 0.588. The molecule has 2 heterocycles. The maximum Gasteiger partial charge on any atom is 0.303 e. The van der Waals surface area contributed by atoms with Crippen LogP contribution in [0.5, 0.6) is 5.88 Å². The van der Waals surface area contributed by atoms with Gasteiger partial charge in [-0.1, -0.05) is 0 Å². The molecule has 0 saturated carbocycles. The van der Waals surface area contributed by atoms with Crippen molar-refractivity contribution in [1.82, 2.24) is 4.57 Å². The average molecular weight is 463 g/mol. The lowest BCUT2D eigenvalue weighted by Crippen LogP contribution is -2.60. The van der Waals surface area contributed by atoms with Gasteiger partial charge in [0.25, 0.3) is 0 Å². The predicted octanol–water partition coefficient (Wildman–Crippen LogP) is 1.24. The van der Waals surface area contributed by atoms with Crippen LogP contribution in [0.2, 0.25) is 0 Å². The number of thiazole rings is 1. The first-order valence-corrected chi connectivity index (χ1v) is 9.99. The van der Waals surface area contributed by atoms with E-state index in [2.05, 4.69) is 0 Å². The lowest BCUT2D eigenvalue weighted by atomic mass is 9.97. The highest BCUT2D eigenvalue weighted by Crippen LogP contribution is 2.37. The number of nitrogens with zero attached hydrogens (tertiary/aromatic N) is 1. The number of aromatic hydroxyl groups is 1. The van der Waals surface area contributed by atoms with E-state index >= 15 is 0 Å². The lowest BCUT2D eigenvalue weighted by molar-refractivity contribution is -0.269. The quantitative estimate of drug-likeness (QED) is 0.370. The average Bonchev–Trinajstić information content (AvgIpc) is 2.94. The van der Waals surface area contributed by atoms with Gasteiger partial charge in [0.2, 0.25) is 5.88 Å². The second-order valence-corrected chi connectivity index (χ2v) is 7.82. The van der Waals surface area contributed by atoms with Crippen LogP contribution in [-0.2, 0) is 42.9 Å². The van der Waals surface area contributed by atoms with Crippen LogP contribution >= 0.6 is 23.6 Å². The Bertz CT molecular complexity index is 878. The van der Waals surface area contributed by atoms with Gasteiger partial charge in [-0.2, -0.15) is 0 Å². The van der Waals surface area contributed by atoms with Gasteiger partial charge in [0, 0.05) is 27.7 Å². The van der Waals surface area contributed by atoms with Crippen molar-refractivity contribution in [3.63, 3.8) is 0 Å². The van der Waals surface area contributed by atoms with Gasteiger partial charge in [-0.15, -0.1) is 11.3 Å². The minimum Gasteiger partial charge on any atom is -0.494 e. The predicted molar refractivity (Wildman–Crippen MR) is 102 cm³/mol. The monoisotopic (exact) mass is 463 g/mol. The lowest BCUT2D eigenvalue weighted by Gasteiger charge is -2.44. The summed E-state index contributed by atoms with van der Waals surface area (Å²) in [6.45, 7) is 4.18. The van der Waals surface area contributed by atoms with Crippen LogP contribution in [0, 0.1) is 3.95 Å². The smallest absolute Gasteiger partial charge is 0.303 e. The molecular formula is C17H21NO10S2. The number of rotatable bonds is 6. The van der Waals surface area contributed by atoms with Gasteiger partial charge in [-0.25, -0.2) is 0 Å². The molecule has 1 fully saturated rings. The number of esters is 4. The van der Waals surface area contributed by atoms with Crippen molar-refractivity contribution in [2.24, 2.45) is 0 Å². The first-order valence-electron chi connectivity index (χ1n) is 8.70. The summed E-state index contributed by atoms with van der Waals surface area (Å²) in [5.74, 6) is -3.14. The molecule has 1 aliphatic heterocycles. The zero-order valence-electron chi connectivity index (χ0n) is 16.6. The highest BCUT2D eigenvalue weighted by Gasteiger charge is 2.53. The first-order chi connectivity index (χ1) is 14.0. The van der Waals surface area contributed by atoms with Crippen molar-refractivity contribution in [3.8, 4) is 5.88 Å². The summed E-state index contributed by atoms with van der Waals surface area (Å²) < 4.78 is 28.1. The standard InChI is InChI=1S/C17H21NO10S2/c1-7(19)24-5-11-13(25-8(2)20)14(26-9(3)21)15(27-10(4)22)16(28-11)18-12(23)6-30-17(18)29/h6,11,13-16,23H,5H2,1-4H3/t11-,13+,14+,15-,16-/m1/s1. The molecule has 11 nitrogen and oxygen atoms in total. The Kier molecular flexibility index (Phi) is 7.92. The number of carbonyl (C=O) groups is 4. The van der Waals surface area contributed by atoms with Gasteiger partial charge >= 0.3 is 23.9 Å². The van der Waals surface area contributed by atoms with Crippen molar-refractivity contribution in [2.75, 3.05) is 6.61 Å². The summed E-state index contributed by atoms with van der Waals surface area (Å²) in [5, 5.41) is 11.6. The van der Waals surface area contributed by atoms with E-state index in [4.69, 9.17) is 35.9 Å². The van der Waals surface area contributed by atoms with Crippen LogP contribution in [0.1, 0.15) is 33.9 Å². The molecule has 1 aliphatic rings. The normalized spacial score (nSPS) is 25.8. The van der Waals surface area contributed by atoms with E-state index in [0.717, 1.165) is 36.7 Å². The van der Waals surface area contributed by atoms with Crippen LogP contribution in [0.4, 0.5) is 0 Å². The van der Waals surface area contributed by atoms with Gasteiger partial charge < -0.3 is 28.8 Å². The molecule has 30 heavy (non-hydrogen) atoms. The molecule has 0 radical (unpaired) electrons. The first kappa shape index (κ1) is 23.8. The van der Waals surface area contributed by atoms with Gasteiger partial charge in [0.15, 0.2) is 28.5 Å². The Morgan fingerprint density at radius 1 is 1.00 bits per heavy atom. The Balaban J connectivity index is 2.58. The van der Waals surface area contributed by atoms with Crippen LogP contribution < -0.4 is 0 Å². The molecule has 0 aromatic carbocycles. The van der Waals surface area contributed by atoms with E-state index in [9.17, 15) is 24.3 Å². The van der Waals surface area contributed by atoms with Crippen LogP contribution in [-0.4, -0.2) is 64.6 Å². The summed E-state index contributed by atoms with van der Waals surface area (Å²) in [6, 6.07) is 0. The Hall–Kier alpha value is -2.51. The minimum atomic E-state index is -1.34. The van der Waals surface area contributed by atoms with E-state index in [1.165, 1.54) is 12.3 Å². The van der Waals surface area contributed by atoms with Crippen LogP contribution in [0.15, 0.2) is 5.38 Å². The molecule has 0 bridgehead atoms. The number of carbonyl (C=O) groups excluding carboxylic acids is 4. The third-order valence-electron chi connectivity index (χ3n) is 3.93. The largest absolute Gasteiger partial charge is 0.494 e. The number of aromatic nitrogens is 1.